The predicted octanol–water partition coefficient (Wildman–Crippen LogP) is 3.19. The average Bonchev–Trinajstić information content (AvgIpc) is 2.86. The van der Waals surface area contributed by atoms with E-state index in [9.17, 15) is 0 Å². The van der Waals surface area contributed by atoms with Crippen molar-refractivity contribution in [2.24, 2.45) is 0 Å². The molecule has 1 aliphatic rings. The molecule has 4 heteroatoms. The van der Waals surface area contributed by atoms with Crippen LogP contribution >= 0.6 is 11.3 Å². The summed E-state index contributed by atoms with van der Waals surface area (Å²) in [6.07, 6.45) is 5.34. The van der Waals surface area contributed by atoms with Gasteiger partial charge in [-0.15, -0.1) is 11.3 Å². The van der Waals surface area contributed by atoms with E-state index in [-0.39, 0.29) is 0 Å². The summed E-state index contributed by atoms with van der Waals surface area (Å²) in [5.41, 5.74) is 2.63. The Labute approximate surface area is 111 Å². The second-order valence-electron chi connectivity index (χ2n) is 5.05. The van der Waals surface area contributed by atoms with E-state index in [1.807, 2.05) is 18.3 Å². The van der Waals surface area contributed by atoms with E-state index < -0.39 is 0 Å². The van der Waals surface area contributed by atoms with Gasteiger partial charge in [0.05, 0.1) is 5.39 Å². The summed E-state index contributed by atoms with van der Waals surface area (Å²) in [5.74, 6) is 1.06. The molecule has 0 aromatic carbocycles. The number of aryl methyl sites for hydroxylation is 2. The van der Waals surface area contributed by atoms with Crippen LogP contribution < -0.4 is 4.90 Å². The van der Waals surface area contributed by atoms with E-state index >= 15 is 0 Å². The fourth-order valence-corrected chi connectivity index (χ4v) is 3.90. The highest BCUT2D eigenvalue weighted by atomic mass is 32.1. The van der Waals surface area contributed by atoms with Crippen LogP contribution in [0.2, 0.25) is 0 Å². The highest BCUT2D eigenvalue weighted by molar-refractivity contribution is 7.19. The lowest BCUT2D eigenvalue weighted by Gasteiger charge is -2.19. The molecule has 0 N–H and O–H groups in total. The third-order valence-corrected chi connectivity index (χ3v) is 4.55. The maximum absolute atomic E-state index is 4.49. The molecule has 0 unspecified atom stereocenters. The quantitative estimate of drug-likeness (QED) is 0.793. The number of aromatic nitrogens is 2. The van der Waals surface area contributed by atoms with Crippen LogP contribution in [0.3, 0.4) is 0 Å². The molecule has 0 fully saturated rings. The maximum atomic E-state index is 4.49. The van der Waals surface area contributed by atoms with Crippen molar-refractivity contribution in [1.82, 2.24) is 9.97 Å². The van der Waals surface area contributed by atoms with Crippen molar-refractivity contribution in [2.75, 3.05) is 18.5 Å². The maximum Gasteiger partial charge on any atom is 0.141 e. The first-order valence-electron chi connectivity index (χ1n) is 6.27. The standard InChI is InChI=1S/C14H17N3S/c1-9(2)7-17(3)13-12-10-5-4-6-11(10)18-14(12)16-8-15-13/h8H,1,4-7H2,2-3H3. The number of hydrogen-bond acceptors (Lipinski definition) is 4. The Kier molecular flexibility index (Phi) is 2.82. The molecule has 94 valence electrons. The molecule has 0 saturated carbocycles. The van der Waals surface area contributed by atoms with E-state index in [1.54, 1.807) is 6.33 Å². The van der Waals surface area contributed by atoms with Crippen molar-refractivity contribution in [2.45, 2.75) is 26.2 Å². The van der Waals surface area contributed by atoms with Gasteiger partial charge < -0.3 is 4.90 Å². The predicted molar refractivity (Wildman–Crippen MR) is 77.5 cm³/mol. The zero-order valence-corrected chi connectivity index (χ0v) is 11.7. The minimum absolute atomic E-state index is 0.844. The summed E-state index contributed by atoms with van der Waals surface area (Å²) in [4.78, 5) is 13.7. The smallest absolute Gasteiger partial charge is 0.141 e. The molecule has 1 aliphatic carbocycles. The summed E-state index contributed by atoms with van der Waals surface area (Å²) in [6, 6.07) is 0. The largest absolute Gasteiger partial charge is 0.355 e. The van der Waals surface area contributed by atoms with Crippen LogP contribution in [0, 0.1) is 0 Å². The van der Waals surface area contributed by atoms with E-state index in [0.717, 1.165) is 22.8 Å². The molecule has 0 saturated heterocycles. The van der Waals surface area contributed by atoms with Crippen LogP contribution in [-0.2, 0) is 12.8 Å². The summed E-state index contributed by atoms with van der Waals surface area (Å²) in [7, 11) is 2.08. The third-order valence-electron chi connectivity index (χ3n) is 3.35. The number of likely N-dealkylation sites (N-methyl/N-ethyl adjacent to an activating group) is 1. The van der Waals surface area contributed by atoms with Crippen molar-refractivity contribution in [1.29, 1.82) is 0 Å². The lowest BCUT2D eigenvalue weighted by Crippen LogP contribution is -2.20. The lowest BCUT2D eigenvalue weighted by atomic mass is 10.2. The molecule has 0 aliphatic heterocycles. The number of hydrogen-bond donors (Lipinski definition) is 0. The van der Waals surface area contributed by atoms with Crippen LogP contribution in [0.15, 0.2) is 18.5 Å². The summed E-state index contributed by atoms with van der Waals surface area (Å²) in [5, 5.41) is 1.28. The molecule has 0 spiro atoms. The molecule has 2 heterocycles. The van der Waals surface area contributed by atoms with Crippen LogP contribution in [-0.4, -0.2) is 23.6 Å². The minimum atomic E-state index is 0.844. The molecular formula is C14H17N3S. The fourth-order valence-electron chi connectivity index (χ4n) is 2.68. The van der Waals surface area contributed by atoms with Crippen molar-refractivity contribution < 1.29 is 0 Å². The number of anilines is 1. The highest BCUT2D eigenvalue weighted by Gasteiger charge is 2.22. The van der Waals surface area contributed by atoms with Crippen molar-refractivity contribution in [3.05, 3.63) is 28.9 Å². The number of nitrogens with zero attached hydrogens (tertiary/aromatic N) is 3. The van der Waals surface area contributed by atoms with Crippen molar-refractivity contribution in [3.63, 3.8) is 0 Å². The van der Waals surface area contributed by atoms with Gasteiger partial charge in [-0.3, -0.25) is 0 Å². The Balaban J connectivity index is 2.14. The first kappa shape index (κ1) is 11.7. The van der Waals surface area contributed by atoms with Crippen LogP contribution in [0.1, 0.15) is 23.8 Å². The number of thiophene rings is 1. The summed E-state index contributed by atoms with van der Waals surface area (Å²) in [6.45, 7) is 6.87. The zero-order chi connectivity index (χ0) is 12.7. The van der Waals surface area contributed by atoms with Crippen molar-refractivity contribution in [3.8, 4) is 0 Å². The Morgan fingerprint density at radius 3 is 3.06 bits per heavy atom. The van der Waals surface area contributed by atoms with E-state index in [2.05, 4.69) is 28.5 Å². The third kappa shape index (κ3) is 1.81. The molecule has 18 heavy (non-hydrogen) atoms. The highest BCUT2D eigenvalue weighted by Crippen LogP contribution is 2.39. The van der Waals surface area contributed by atoms with Gasteiger partial charge >= 0.3 is 0 Å². The van der Waals surface area contributed by atoms with E-state index in [4.69, 9.17) is 0 Å². The van der Waals surface area contributed by atoms with Gasteiger partial charge in [0.15, 0.2) is 0 Å². The van der Waals surface area contributed by atoms with Gasteiger partial charge in [-0.2, -0.15) is 0 Å². The van der Waals surface area contributed by atoms with Crippen LogP contribution in [0.4, 0.5) is 5.82 Å². The second-order valence-corrected chi connectivity index (χ2v) is 6.13. The molecule has 3 rings (SSSR count). The molecule has 0 atom stereocenters. The van der Waals surface area contributed by atoms with Crippen LogP contribution in [0.5, 0.6) is 0 Å². The SMILES string of the molecule is C=C(C)CN(C)c1ncnc2sc3c(c12)CCC3. The lowest BCUT2D eigenvalue weighted by molar-refractivity contribution is 0.914. The summed E-state index contributed by atoms with van der Waals surface area (Å²) >= 11 is 1.84. The Morgan fingerprint density at radius 2 is 2.28 bits per heavy atom. The van der Waals surface area contributed by atoms with Crippen LogP contribution in [0.25, 0.3) is 10.2 Å². The first-order chi connectivity index (χ1) is 8.66. The van der Waals surface area contributed by atoms with Gasteiger partial charge in [-0.25, -0.2) is 9.97 Å². The molecule has 0 bridgehead atoms. The van der Waals surface area contributed by atoms with Gasteiger partial charge in [0, 0.05) is 18.5 Å². The summed E-state index contributed by atoms with van der Waals surface area (Å²) < 4.78 is 0. The minimum Gasteiger partial charge on any atom is -0.355 e. The Morgan fingerprint density at radius 1 is 1.44 bits per heavy atom. The fraction of sp³-hybridized carbons (Fsp3) is 0.429. The van der Waals surface area contributed by atoms with Crippen molar-refractivity contribution >= 4 is 27.4 Å². The monoisotopic (exact) mass is 259 g/mol. The first-order valence-corrected chi connectivity index (χ1v) is 7.09. The second kappa shape index (κ2) is 4.35. The van der Waals surface area contributed by atoms with Gasteiger partial charge in [0.25, 0.3) is 0 Å². The van der Waals surface area contributed by atoms with Gasteiger partial charge in [-0.05, 0) is 31.7 Å². The molecule has 2 aromatic rings. The molecule has 0 radical (unpaired) electrons. The number of rotatable bonds is 3. The zero-order valence-electron chi connectivity index (χ0n) is 10.9. The van der Waals surface area contributed by atoms with E-state index in [1.165, 1.54) is 35.1 Å². The molecule has 0 amide bonds. The Bertz CT molecular complexity index is 615. The topological polar surface area (TPSA) is 29.0 Å². The Hall–Kier alpha value is -1.42. The van der Waals surface area contributed by atoms with Gasteiger partial charge in [0.1, 0.15) is 17.0 Å². The van der Waals surface area contributed by atoms with Gasteiger partial charge in [-0.1, -0.05) is 12.2 Å². The molecular weight excluding hydrogens is 242 g/mol. The number of fused-ring (bicyclic) bond motifs is 3. The average molecular weight is 259 g/mol. The normalized spacial score (nSPS) is 13.9. The molecule has 3 nitrogen and oxygen atoms in total. The molecule has 2 aromatic heterocycles. The van der Waals surface area contributed by atoms with E-state index in [0.29, 0.717) is 0 Å². The van der Waals surface area contributed by atoms with Gasteiger partial charge in [0.2, 0.25) is 0 Å².